The Morgan fingerprint density at radius 2 is 2.06 bits per heavy atom. The maximum atomic E-state index is 5.74. The van der Waals surface area contributed by atoms with Crippen LogP contribution in [0.1, 0.15) is 6.92 Å². The zero-order valence-corrected chi connectivity index (χ0v) is 11.1. The minimum Gasteiger partial charge on any atom is -0.457 e. The third-order valence-electron chi connectivity index (χ3n) is 2.12. The summed E-state index contributed by atoms with van der Waals surface area (Å²) in [5, 5.41) is 3.14. The van der Waals surface area contributed by atoms with Crippen LogP contribution >= 0.6 is 15.9 Å². The number of hydrogen-bond donors (Lipinski definition) is 1. The Hall–Kier alpha value is -1.55. The molecule has 2 aromatic rings. The molecule has 0 aliphatic carbocycles. The number of rotatable bonds is 4. The van der Waals surface area contributed by atoms with Crippen molar-refractivity contribution in [3.05, 3.63) is 47.1 Å². The maximum absolute atomic E-state index is 5.74. The van der Waals surface area contributed by atoms with Crippen LogP contribution in [0.3, 0.4) is 0 Å². The van der Waals surface area contributed by atoms with Gasteiger partial charge in [-0.1, -0.05) is 22.0 Å². The van der Waals surface area contributed by atoms with Gasteiger partial charge in [0.05, 0.1) is 0 Å². The van der Waals surface area contributed by atoms with Crippen LogP contribution in [-0.2, 0) is 0 Å². The first kappa shape index (κ1) is 11.9. The summed E-state index contributed by atoms with van der Waals surface area (Å²) in [4.78, 5) is 4.19. The molecule has 1 aromatic heterocycles. The number of benzene rings is 1. The van der Waals surface area contributed by atoms with E-state index >= 15 is 0 Å². The molecule has 0 saturated heterocycles. The van der Waals surface area contributed by atoms with E-state index in [-0.39, 0.29) is 0 Å². The van der Waals surface area contributed by atoms with Gasteiger partial charge in [-0.05, 0) is 31.2 Å². The third kappa shape index (κ3) is 3.46. The fourth-order valence-electron chi connectivity index (χ4n) is 1.42. The molecule has 0 saturated carbocycles. The molecule has 17 heavy (non-hydrogen) atoms. The van der Waals surface area contributed by atoms with E-state index < -0.39 is 0 Å². The lowest BCUT2D eigenvalue weighted by molar-refractivity contribution is 0.482. The predicted octanol–water partition coefficient (Wildman–Crippen LogP) is 4.07. The van der Waals surface area contributed by atoms with Crippen molar-refractivity contribution < 1.29 is 4.74 Å². The Kier molecular flexibility index (Phi) is 3.98. The topological polar surface area (TPSA) is 34.1 Å². The average Bonchev–Trinajstić information content (AvgIpc) is 2.30. The lowest BCUT2D eigenvalue weighted by atomic mass is 10.3. The van der Waals surface area contributed by atoms with Crippen molar-refractivity contribution >= 4 is 21.7 Å². The number of ether oxygens (including phenoxy) is 1. The molecule has 0 bridgehead atoms. The Labute approximate surface area is 109 Å². The summed E-state index contributed by atoms with van der Waals surface area (Å²) in [5.74, 6) is 2.39. The Balaban J connectivity index is 2.15. The van der Waals surface area contributed by atoms with Crippen molar-refractivity contribution in [3.8, 4) is 11.5 Å². The molecule has 0 spiro atoms. The van der Waals surface area contributed by atoms with Crippen molar-refractivity contribution in [2.45, 2.75) is 6.92 Å². The standard InChI is InChI=1S/C13H13BrN2O/c1-2-15-13-9-12(6-7-16-13)17-11-5-3-4-10(14)8-11/h3-9H,2H2,1H3,(H,15,16). The highest BCUT2D eigenvalue weighted by atomic mass is 79.9. The highest BCUT2D eigenvalue weighted by Crippen LogP contribution is 2.25. The summed E-state index contributed by atoms with van der Waals surface area (Å²) in [6.07, 6.45) is 1.73. The Bertz CT molecular complexity index is 502. The average molecular weight is 293 g/mol. The van der Waals surface area contributed by atoms with E-state index in [4.69, 9.17) is 4.74 Å². The van der Waals surface area contributed by atoms with E-state index in [1.165, 1.54) is 0 Å². The number of nitrogens with zero attached hydrogens (tertiary/aromatic N) is 1. The molecular weight excluding hydrogens is 280 g/mol. The van der Waals surface area contributed by atoms with Crippen molar-refractivity contribution in [2.24, 2.45) is 0 Å². The van der Waals surface area contributed by atoms with Crippen LogP contribution in [0, 0.1) is 0 Å². The largest absolute Gasteiger partial charge is 0.457 e. The van der Waals surface area contributed by atoms with Gasteiger partial charge in [-0.3, -0.25) is 0 Å². The molecule has 0 atom stereocenters. The molecular formula is C13H13BrN2O. The molecule has 0 aliphatic rings. The van der Waals surface area contributed by atoms with Crippen molar-refractivity contribution in [1.82, 2.24) is 4.98 Å². The van der Waals surface area contributed by atoms with E-state index in [0.717, 1.165) is 28.3 Å². The highest BCUT2D eigenvalue weighted by molar-refractivity contribution is 9.10. The molecule has 3 nitrogen and oxygen atoms in total. The van der Waals surface area contributed by atoms with Crippen LogP contribution in [0.2, 0.25) is 0 Å². The molecule has 1 heterocycles. The van der Waals surface area contributed by atoms with Gasteiger partial charge in [-0.15, -0.1) is 0 Å². The maximum Gasteiger partial charge on any atom is 0.132 e. The Morgan fingerprint density at radius 3 is 2.82 bits per heavy atom. The lowest BCUT2D eigenvalue weighted by Crippen LogP contribution is -1.98. The minimum absolute atomic E-state index is 0.772. The van der Waals surface area contributed by atoms with Gasteiger partial charge in [0.15, 0.2) is 0 Å². The molecule has 2 rings (SSSR count). The minimum atomic E-state index is 0.772. The summed E-state index contributed by atoms with van der Waals surface area (Å²) < 4.78 is 6.73. The van der Waals surface area contributed by atoms with Crippen molar-refractivity contribution in [2.75, 3.05) is 11.9 Å². The quantitative estimate of drug-likeness (QED) is 0.922. The van der Waals surface area contributed by atoms with E-state index in [9.17, 15) is 0 Å². The molecule has 0 fully saturated rings. The molecule has 0 amide bonds. The summed E-state index contributed by atoms with van der Waals surface area (Å²) in [6, 6.07) is 11.5. The van der Waals surface area contributed by atoms with Gasteiger partial charge in [-0.25, -0.2) is 4.98 Å². The van der Waals surface area contributed by atoms with Gasteiger partial charge in [0, 0.05) is 23.3 Å². The summed E-state index contributed by atoms with van der Waals surface area (Å²) >= 11 is 3.41. The van der Waals surface area contributed by atoms with Gasteiger partial charge in [0.2, 0.25) is 0 Å². The van der Waals surface area contributed by atoms with Crippen molar-refractivity contribution in [1.29, 1.82) is 0 Å². The second-order valence-corrected chi connectivity index (χ2v) is 4.38. The van der Waals surface area contributed by atoms with Crippen molar-refractivity contribution in [3.63, 3.8) is 0 Å². The number of pyridine rings is 1. The number of aromatic nitrogens is 1. The highest BCUT2D eigenvalue weighted by Gasteiger charge is 1.99. The van der Waals surface area contributed by atoms with Crippen LogP contribution in [0.4, 0.5) is 5.82 Å². The number of anilines is 1. The zero-order chi connectivity index (χ0) is 12.1. The summed E-state index contributed by atoms with van der Waals surface area (Å²) in [7, 11) is 0. The van der Waals surface area contributed by atoms with E-state index in [2.05, 4.69) is 26.2 Å². The van der Waals surface area contributed by atoms with Gasteiger partial charge in [-0.2, -0.15) is 0 Å². The SMILES string of the molecule is CCNc1cc(Oc2cccc(Br)c2)ccn1. The van der Waals surface area contributed by atoms with Crippen LogP contribution in [0.15, 0.2) is 47.1 Å². The molecule has 1 aromatic carbocycles. The number of halogens is 1. The first-order valence-electron chi connectivity index (χ1n) is 5.41. The van der Waals surface area contributed by atoms with Gasteiger partial charge in [0.25, 0.3) is 0 Å². The predicted molar refractivity (Wildman–Crippen MR) is 72.6 cm³/mol. The zero-order valence-electron chi connectivity index (χ0n) is 9.48. The number of nitrogens with one attached hydrogen (secondary N) is 1. The summed E-state index contributed by atoms with van der Waals surface area (Å²) in [6.45, 7) is 2.87. The molecule has 0 unspecified atom stereocenters. The monoisotopic (exact) mass is 292 g/mol. The molecule has 4 heteroatoms. The molecule has 0 aliphatic heterocycles. The van der Waals surface area contributed by atoms with Gasteiger partial charge >= 0.3 is 0 Å². The smallest absolute Gasteiger partial charge is 0.132 e. The number of hydrogen-bond acceptors (Lipinski definition) is 3. The second kappa shape index (κ2) is 5.68. The fourth-order valence-corrected chi connectivity index (χ4v) is 1.80. The third-order valence-corrected chi connectivity index (χ3v) is 2.61. The second-order valence-electron chi connectivity index (χ2n) is 3.47. The fraction of sp³-hybridized carbons (Fsp3) is 0.154. The van der Waals surface area contributed by atoms with Crippen LogP contribution in [0.25, 0.3) is 0 Å². The van der Waals surface area contributed by atoms with E-state index in [1.54, 1.807) is 6.20 Å². The molecule has 88 valence electrons. The first-order valence-corrected chi connectivity index (χ1v) is 6.20. The molecule has 0 radical (unpaired) electrons. The van der Waals surface area contributed by atoms with Gasteiger partial charge < -0.3 is 10.1 Å². The molecule has 1 N–H and O–H groups in total. The van der Waals surface area contributed by atoms with Gasteiger partial charge in [0.1, 0.15) is 17.3 Å². The first-order chi connectivity index (χ1) is 8.28. The van der Waals surface area contributed by atoms with E-state index in [0.29, 0.717) is 0 Å². The van der Waals surface area contributed by atoms with Crippen LogP contribution in [0.5, 0.6) is 11.5 Å². The Morgan fingerprint density at radius 1 is 1.24 bits per heavy atom. The van der Waals surface area contributed by atoms with Crippen LogP contribution in [-0.4, -0.2) is 11.5 Å². The summed E-state index contributed by atoms with van der Waals surface area (Å²) in [5.41, 5.74) is 0. The van der Waals surface area contributed by atoms with Crippen LogP contribution < -0.4 is 10.1 Å². The normalized spacial score (nSPS) is 10.0. The van der Waals surface area contributed by atoms with E-state index in [1.807, 2.05) is 43.3 Å². The lowest BCUT2D eigenvalue weighted by Gasteiger charge is -2.07.